The maximum Gasteiger partial charge on any atom is 0.155 e. The largest absolute Gasteiger partial charge is 0.321 e. The second-order valence-corrected chi connectivity index (χ2v) is 6.05. The maximum atomic E-state index is 11.8. The van der Waals surface area contributed by atoms with Gasteiger partial charge in [-0.2, -0.15) is 0 Å². The number of ketones is 1. The highest BCUT2D eigenvalue weighted by Crippen LogP contribution is 2.21. The van der Waals surface area contributed by atoms with Crippen LogP contribution >= 0.6 is 11.3 Å². The van der Waals surface area contributed by atoms with Crippen LogP contribution in [0.4, 0.5) is 0 Å². The van der Waals surface area contributed by atoms with E-state index in [0.717, 1.165) is 18.5 Å². The van der Waals surface area contributed by atoms with E-state index >= 15 is 0 Å². The van der Waals surface area contributed by atoms with Crippen LogP contribution < -0.4 is 5.73 Å². The number of aromatic nitrogens is 1. The lowest BCUT2D eigenvalue weighted by Gasteiger charge is -2.20. The highest BCUT2D eigenvalue weighted by molar-refractivity contribution is 7.07. The second kappa shape index (κ2) is 5.55. The minimum Gasteiger partial charge on any atom is -0.321 e. The van der Waals surface area contributed by atoms with Crippen molar-refractivity contribution in [1.29, 1.82) is 0 Å². The summed E-state index contributed by atoms with van der Waals surface area (Å²) in [5.41, 5.74) is 8.68. The Hall–Kier alpha value is -0.740. The zero-order chi connectivity index (χ0) is 12.2. The Kier molecular flexibility index (Phi) is 4.62. The summed E-state index contributed by atoms with van der Waals surface area (Å²) < 4.78 is 0. The average Bonchev–Trinajstić information content (AvgIpc) is 2.65. The first kappa shape index (κ1) is 13.3. The lowest BCUT2D eigenvalue weighted by molar-refractivity contribution is -0.119. The molecule has 1 aromatic rings. The third kappa shape index (κ3) is 4.86. The molecule has 0 spiro atoms. The van der Waals surface area contributed by atoms with Crippen molar-refractivity contribution in [1.82, 2.24) is 4.98 Å². The van der Waals surface area contributed by atoms with Gasteiger partial charge in [0.05, 0.1) is 23.7 Å². The molecule has 0 saturated carbocycles. The summed E-state index contributed by atoms with van der Waals surface area (Å²) in [5, 5.41) is 1.90. The standard InChI is InChI=1S/C12H20N2OS/c1-12(2,3)5-4-10(13)11(15)6-9-7-16-8-14-9/h7-8,10H,4-6,13H2,1-3H3. The van der Waals surface area contributed by atoms with Gasteiger partial charge in [0.25, 0.3) is 0 Å². The number of nitrogens with zero attached hydrogens (tertiary/aromatic N) is 1. The maximum absolute atomic E-state index is 11.8. The topological polar surface area (TPSA) is 56.0 Å². The van der Waals surface area contributed by atoms with Gasteiger partial charge in [-0.25, -0.2) is 4.98 Å². The Morgan fingerprint density at radius 1 is 1.56 bits per heavy atom. The van der Waals surface area contributed by atoms with Crippen LogP contribution in [0.2, 0.25) is 0 Å². The molecule has 1 rings (SSSR count). The lowest BCUT2D eigenvalue weighted by atomic mass is 9.88. The van der Waals surface area contributed by atoms with Gasteiger partial charge in [0.1, 0.15) is 0 Å². The molecule has 4 heteroatoms. The van der Waals surface area contributed by atoms with Crippen molar-refractivity contribution in [3.63, 3.8) is 0 Å². The van der Waals surface area contributed by atoms with E-state index in [1.807, 2.05) is 5.38 Å². The van der Waals surface area contributed by atoms with Crippen LogP contribution in [0, 0.1) is 5.41 Å². The van der Waals surface area contributed by atoms with Gasteiger partial charge >= 0.3 is 0 Å². The average molecular weight is 240 g/mol. The minimum atomic E-state index is -0.346. The minimum absolute atomic E-state index is 0.0927. The molecule has 0 bridgehead atoms. The quantitative estimate of drug-likeness (QED) is 0.860. The molecule has 0 aromatic carbocycles. The first-order chi connectivity index (χ1) is 7.38. The van der Waals surface area contributed by atoms with E-state index in [1.54, 1.807) is 5.51 Å². The molecule has 0 aliphatic heterocycles. The zero-order valence-electron chi connectivity index (χ0n) is 10.2. The third-order valence-corrected chi connectivity index (χ3v) is 3.09. The molecule has 0 fully saturated rings. The molecule has 16 heavy (non-hydrogen) atoms. The highest BCUT2D eigenvalue weighted by Gasteiger charge is 2.18. The molecule has 0 radical (unpaired) electrons. The summed E-state index contributed by atoms with van der Waals surface area (Å²) in [6.07, 6.45) is 2.10. The van der Waals surface area contributed by atoms with Crippen LogP contribution in [0.1, 0.15) is 39.3 Å². The van der Waals surface area contributed by atoms with E-state index in [2.05, 4.69) is 25.8 Å². The van der Waals surface area contributed by atoms with E-state index in [0.29, 0.717) is 6.42 Å². The molecule has 1 unspecified atom stereocenters. The van der Waals surface area contributed by atoms with Gasteiger partial charge < -0.3 is 5.73 Å². The Bertz CT molecular complexity index is 327. The first-order valence-corrected chi connectivity index (χ1v) is 6.48. The van der Waals surface area contributed by atoms with Crippen LogP contribution in [0.25, 0.3) is 0 Å². The van der Waals surface area contributed by atoms with Crippen molar-refractivity contribution in [2.45, 2.75) is 46.1 Å². The van der Waals surface area contributed by atoms with Gasteiger partial charge in [-0.15, -0.1) is 11.3 Å². The molecule has 1 heterocycles. The van der Waals surface area contributed by atoms with Crippen LogP contribution in [0.3, 0.4) is 0 Å². The van der Waals surface area contributed by atoms with Crippen molar-refractivity contribution in [2.24, 2.45) is 11.1 Å². The van der Waals surface area contributed by atoms with Crippen molar-refractivity contribution in [3.05, 3.63) is 16.6 Å². The first-order valence-electron chi connectivity index (χ1n) is 5.54. The van der Waals surface area contributed by atoms with Crippen LogP contribution in [0.5, 0.6) is 0 Å². The SMILES string of the molecule is CC(C)(C)CCC(N)C(=O)Cc1cscn1. The normalized spacial score (nSPS) is 13.8. The summed E-state index contributed by atoms with van der Waals surface area (Å²) in [6.45, 7) is 6.47. The second-order valence-electron chi connectivity index (χ2n) is 5.33. The Labute approximate surface area is 101 Å². The molecule has 2 N–H and O–H groups in total. The molecule has 3 nitrogen and oxygen atoms in total. The number of carbonyl (C=O) groups is 1. The molecule has 90 valence electrons. The summed E-state index contributed by atoms with van der Waals surface area (Å²) >= 11 is 1.51. The van der Waals surface area contributed by atoms with Crippen molar-refractivity contribution in [2.75, 3.05) is 0 Å². The van der Waals surface area contributed by atoms with Crippen LogP contribution in [-0.2, 0) is 11.2 Å². The molecule has 1 aromatic heterocycles. The van der Waals surface area contributed by atoms with Gasteiger partial charge in [0.2, 0.25) is 0 Å². The van der Waals surface area contributed by atoms with E-state index in [4.69, 9.17) is 5.73 Å². The van der Waals surface area contributed by atoms with Crippen molar-refractivity contribution in [3.8, 4) is 0 Å². The predicted octanol–water partition coefficient (Wildman–Crippen LogP) is 2.41. The fourth-order valence-corrected chi connectivity index (χ4v) is 1.94. The number of hydrogen-bond acceptors (Lipinski definition) is 4. The van der Waals surface area contributed by atoms with E-state index in [-0.39, 0.29) is 17.2 Å². The van der Waals surface area contributed by atoms with Gasteiger partial charge in [0, 0.05) is 5.38 Å². The lowest BCUT2D eigenvalue weighted by Crippen LogP contribution is -2.32. The van der Waals surface area contributed by atoms with E-state index < -0.39 is 0 Å². The number of hydrogen-bond donors (Lipinski definition) is 1. The van der Waals surface area contributed by atoms with Gasteiger partial charge in [0.15, 0.2) is 5.78 Å². The molecule has 0 amide bonds. The Morgan fingerprint density at radius 3 is 2.75 bits per heavy atom. The summed E-state index contributed by atoms with van der Waals surface area (Å²) in [7, 11) is 0. The van der Waals surface area contributed by atoms with Gasteiger partial charge in [-0.3, -0.25) is 4.79 Å². The molecule has 0 saturated heterocycles. The summed E-state index contributed by atoms with van der Waals surface area (Å²) in [4.78, 5) is 15.9. The molecule has 0 aliphatic carbocycles. The third-order valence-electron chi connectivity index (χ3n) is 2.46. The van der Waals surface area contributed by atoms with Gasteiger partial charge in [-0.05, 0) is 18.3 Å². The fraction of sp³-hybridized carbons (Fsp3) is 0.667. The highest BCUT2D eigenvalue weighted by atomic mass is 32.1. The monoisotopic (exact) mass is 240 g/mol. The van der Waals surface area contributed by atoms with E-state index in [9.17, 15) is 4.79 Å². The molecule has 1 atom stereocenters. The van der Waals surface area contributed by atoms with Crippen molar-refractivity contribution >= 4 is 17.1 Å². The number of nitrogens with two attached hydrogens (primary N) is 1. The Balaban J connectivity index is 2.37. The summed E-state index contributed by atoms with van der Waals surface area (Å²) in [5.74, 6) is 0.0927. The van der Waals surface area contributed by atoms with E-state index in [1.165, 1.54) is 11.3 Å². The number of thiazole rings is 1. The number of rotatable bonds is 5. The zero-order valence-corrected chi connectivity index (χ0v) is 11.0. The molecule has 0 aliphatic rings. The number of carbonyl (C=O) groups excluding carboxylic acids is 1. The van der Waals surface area contributed by atoms with Crippen LogP contribution in [0.15, 0.2) is 10.9 Å². The smallest absolute Gasteiger partial charge is 0.155 e. The summed E-state index contributed by atoms with van der Waals surface area (Å²) in [6, 6.07) is -0.346. The Morgan fingerprint density at radius 2 is 2.25 bits per heavy atom. The fourth-order valence-electron chi connectivity index (χ4n) is 1.38. The molecular weight excluding hydrogens is 220 g/mol. The van der Waals surface area contributed by atoms with Crippen LogP contribution in [-0.4, -0.2) is 16.8 Å². The van der Waals surface area contributed by atoms with Gasteiger partial charge in [-0.1, -0.05) is 20.8 Å². The molecular formula is C12H20N2OS. The van der Waals surface area contributed by atoms with Crippen molar-refractivity contribution < 1.29 is 4.79 Å². The predicted molar refractivity (Wildman–Crippen MR) is 67.5 cm³/mol. The number of Topliss-reactive ketones (excluding diaryl/α,β-unsaturated/α-hetero) is 1.